The Hall–Kier alpha value is -0.360. The smallest absolute Gasteiger partial charge is 0.0267 e. The number of halogens is 1. The predicted octanol–water partition coefficient (Wildman–Crippen LogP) is 4.01. The summed E-state index contributed by atoms with van der Waals surface area (Å²) in [5.41, 5.74) is 1.32. The zero-order chi connectivity index (χ0) is 13.4. The summed E-state index contributed by atoms with van der Waals surface area (Å²) in [6, 6.07) is 16.0. The van der Waals surface area contributed by atoms with Gasteiger partial charge in [-0.05, 0) is 24.0 Å². The number of hydrogen-bond donors (Lipinski definition) is 0. The first kappa shape index (κ1) is 19.0. The molecule has 97 valence electrons. The molecule has 0 unspecified atom stereocenters. The van der Waals surface area contributed by atoms with E-state index in [9.17, 15) is 0 Å². The van der Waals surface area contributed by atoms with Crippen LogP contribution in [0.3, 0.4) is 0 Å². The summed E-state index contributed by atoms with van der Waals surface area (Å²) in [5.74, 6) is 0. The van der Waals surface area contributed by atoms with Crippen molar-refractivity contribution < 1.29 is 24.3 Å². The Bertz CT molecular complexity index is 305. The van der Waals surface area contributed by atoms with Gasteiger partial charge in [0.15, 0.2) is 0 Å². The number of nitrogens with zero attached hydrogens (tertiary/aromatic N) is 1. The number of hydrogen-bond acceptors (Lipinski definition) is 2. The van der Waals surface area contributed by atoms with Gasteiger partial charge in [-0.25, -0.2) is 0 Å². The van der Waals surface area contributed by atoms with Crippen LogP contribution in [0.15, 0.2) is 60.9 Å². The molecule has 0 aliphatic carbocycles. The normalized spacial score (nSPS) is 7.12. The van der Waals surface area contributed by atoms with E-state index in [4.69, 9.17) is 3.25 Å². The third-order valence-electron chi connectivity index (χ3n) is 1.51. The minimum absolute atomic E-state index is 1.32. The van der Waals surface area contributed by atoms with Gasteiger partial charge in [0.05, 0.1) is 0 Å². The number of benzene rings is 1. The Kier molecular flexibility index (Phi) is 20.1. The van der Waals surface area contributed by atoms with Gasteiger partial charge in [0.2, 0.25) is 0 Å². The summed E-state index contributed by atoms with van der Waals surface area (Å²) < 4.78 is 8.06. The molecule has 0 radical (unpaired) electrons. The molecule has 0 amide bonds. The largest absolute Gasteiger partial charge is 0.265 e. The summed E-state index contributed by atoms with van der Waals surface area (Å²) >= 11 is 3.85. The fourth-order valence-electron chi connectivity index (χ4n) is 0.847. The first-order chi connectivity index (χ1) is 8.39. The number of aryl methyl sites for hydroxylation is 1. The maximum Gasteiger partial charge on any atom is 0.0267 e. The van der Waals surface area contributed by atoms with Crippen molar-refractivity contribution in [2.45, 2.75) is 6.92 Å². The summed E-state index contributed by atoms with van der Waals surface area (Å²) in [7, 11) is 0. The Morgan fingerprint density at radius 3 is 1.47 bits per heavy atom. The van der Waals surface area contributed by atoms with Crippen LogP contribution in [0.2, 0.25) is 0 Å². The SMILES string of the molecule is CI.Cc1ccccc1.[O]=[Ag].c1ccncc1. The third kappa shape index (κ3) is 15.6. The van der Waals surface area contributed by atoms with Crippen LogP contribution in [0.5, 0.6) is 0 Å². The number of rotatable bonds is 0. The van der Waals surface area contributed by atoms with E-state index in [1.54, 1.807) is 33.4 Å². The molecular formula is C13H16AgINO. The average Bonchev–Trinajstić information content (AvgIpc) is 2.47. The Morgan fingerprint density at radius 2 is 1.29 bits per heavy atom. The first-order valence-electron chi connectivity index (χ1n) is 4.76. The molecule has 0 saturated carbocycles. The van der Waals surface area contributed by atoms with E-state index in [-0.39, 0.29) is 0 Å². The molecular weight excluding hydrogens is 421 g/mol. The Labute approximate surface area is 129 Å². The molecule has 2 nitrogen and oxygen atoms in total. The quantitative estimate of drug-likeness (QED) is 0.355. The second kappa shape index (κ2) is 18.0. The van der Waals surface area contributed by atoms with Crippen molar-refractivity contribution >= 4 is 22.6 Å². The summed E-state index contributed by atoms with van der Waals surface area (Å²) in [4.78, 5) is 5.75. The molecule has 0 aliphatic heterocycles. The molecule has 17 heavy (non-hydrogen) atoms. The van der Waals surface area contributed by atoms with Crippen molar-refractivity contribution in [3.8, 4) is 0 Å². The van der Waals surface area contributed by atoms with E-state index in [2.05, 4.69) is 46.6 Å². The fourth-order valence-corrected chi connectivity index (χ4v) is 0.847. The summed E-state index contributed by atoms with van der Waals surface area (Å²) in [6.45, 7) is 2.08. The van der Waals surface area contributed by atoms with Crippen molar-refractivity contribution in [2.24, 2.45) is 0 Å². The van der Waals surface area contributed by atoms with Crippen LogP contribution in [0.1, 0.15) is 5.56 Å². The van der Waals surface area contributed by atoms with Gasteiger partial charge in [-0.1, -0.05) is 64.6 Å². The van der Waals surface area contributed by atoms with E-state index < -0.39 is 0 Å². The number of pyridine rings is 1. The molecule has 1 aromatic carbocycles. The molecule has 2 rings (SSSR count). The standard InChI is InChI=1S/C7H8.C5H5N.CH3I.Ag.O/c1-7-5-3-2-4-6-7;1-2-4-6-5-3-1;1-2;;/h2-6H,1H3;1-5H;1H3;;. The van der Waals surface area contributed by atoms with Crippen LogP contribution in [0, 0.1) is 6.92 Å². The van der Waals surface area contributed by atoms with Crippen molar-refractivity contribution in [3.05, 3.63) is 66.5 Å². The molecule has 2 aromatic rings. The first-order valence-corrected chi connectivity index (χ1v) is 7.52. The van der Waals surface area contributed by atoms with Gasteiger partial charge >= 0.3 is 24.3 Å². The number of alkyl halides is 1. The van der Waals surface area contributed by atoms with Crippen molar-refractivity contribution in [3.63, 3.8) is 0 Å². The van der Waals surface area contributed by atoms with E-state index >= 15 is 0 Å². The van der Waals surface area contributed by atoms with Gasteiger partial charge in [0.25, 0.3) is 0 Å². The van der Waals surface area contributed by atoms with Crippen molar-refractivity contribution in [1.29, 1.82) is 0 Å². The van der Waals surface area contributed by atoms with Gasteiger partial charge < -0.3 is 0 Å². The second-order valence-electron chi connectivity index (χ2n) is 2.68. The fraction of sp³-hybridized carbons (Fsp3) is 0.154. The summed E-state index contributed by atoms with van der Waals surface area (Å²) in [5, 5.41) is 0. The molecule has 0 atom stereocenters. The second-order valence-corrected chi connectivity index (χ2v) is 2.68. The van der Waals surface area contributed by atoms with E-state index in [0.29, 0.717) is 0 Å². The van der Waals surface area contributed by atoms with Gasteiger partial charge in [-0.3, -0.25) is 4.98 Å². The monoisotopic (exact) mass is 436 g/mol. The van der Waals surface area contributed by atoms with Crippen LogP contribution >= 0.6 is 22.6 Å². The Morgan fingerprint density at radius 1 is 0.882 bits per heavy atom. The Balaban J connectivity index is 0. The molecule has 0 aliphatic rings. The molecule has 0 saturated heterocycles. The van der Waals surface area contributed by atoms with Crippen LogP contribution in [-0.4, -0.2) is 9.91 Å². The zero-order valence-corrected chi connectivity index (χ0v) is 13.4. The maximum atomic E-state index is 8.06. The van der Waals surface area contributed by atoms with Gasteiger partial charge in [-0.15, -0.1) is 0 Å². The zero-order valence-electron chi connectivity index (χ0n) is 9.81. The molecule has 1 heterocycles. The third-order valence-corrected chi connectivity index (χ3v) is 1.51. The van der Waals surface area contributed by atoms with Crippen LogP contribution in [0.4, 0.5) is 0 Å². The van der Waals surface area contributed by atoms with Gasteiger partial charge in [-0.2, -0.15) is 0 Å². The average molecular weight is 437 g/mol. The molecule has 0 N–H and O–H groups in total. The number of aromatic nitrogens is 1. The van der Waals surface area contributed by atoms with E-state index in [0.717, 1.165) is 0 Å². The maximum absolute atomic E-state index is 8.06. The molecule has 0 fully saturated rings. The minimum atomic E-state index is 1.32. The van der Waals surface area contributed by atoms with Crippen molar-refractivity contribution in [2.75, 3.05) is 4.93 Å². The van der Waals surface area contributed by atoms with Gasteiger partial charge in [0.1, 0.15) is 0 Å². The molecule has 4 heteroatoms. The molecule has 1 aromatic heterocycles. The van der Waals surface area contributed by atoms with E-state index in [1.165, 1.54) is 5.56 Å². The van der Waals surface area contributed by atoms with Crippen LogP contribution < -0.4 is 0 Å². The van der Waals surface area contributed by atoms with E-state index in [1.807, 2.05) is 41.3 Å². The van der Waals surface area contributed by atoms with Crippen molar-refractivity contribution in [1.82, 2.24) is 4.98 Å². The molecule has 0 bridgehead atoms. The predicted molar refractivity (Wildman–Crippen MR) is 76.0 cm³/mol. The topological polar surface area (TPSA) is 30.0 Å². The van der Waals surface area contributed by atoms with Gasteiger partial charge in [0, 0.05) is 12.4 Å². The van der Waals surface area contributed by atoms with Crippen LogP contribution in [0.25, 0.3) is 0 Å². The minimum Gasteiger partial charge on any atom is -0.265 e. The molecule has 0 spiro atoms. The van der Waals surface area contributed by atoms with Crippen LogP contribution in [-0.2, 0) is 24.3 Å². The summed E-state index contributed by atoms with van der Waals surface area (Å²) in [6.07, 6.45) is 3.50.